The zero-order valence-electron chi connectivity index (χ0n) is 24.4. The molecule has 1 amide bonds. The van der Waals surface area contributed by atoms with Gasteiger partial charge in [0.25, 0.3) is 5.91 Å². The number of carbonyl (C=O) groups excluding carboxylic acids is 2. The van der Waals surface area contributed by atoms with Crippen LogP contribution in [0.3, 0.4) is 0 Å². The van der Waals surface area contributed by atoms with Gasteiger partial charge in [0, 0.05) is 30.6 Å². The SMILES string of the molecule is Cc1ccc(CC(=O)c2ccc(C)c(C(F)(F)F)c2)cc1C#Cc1nn([C@@H]2CCCN(C(=O)[C@@H](C)O)C2)c2ncnc(N)c12. The van der Waals surface area contributed by atoms with E-state index < -0.39 is 23.6 Å². The Bertz CT molecular complexity index is 1820. The van der Waals surface area contributed by atoms with Gasteiger partial charge in [-0.1, -0.05) is 30.2 Å². The number of nitrogen functional groups attached to an aromatic ring is 1. The summed E-state index contributed by atoms with van der Waals surface area (Å²) in [7, 11) is 0. The Kier molecular flexibility index (Phi) is 8.43. The van der Waals surface area contributed by atoms with E-state index in [9.17, 15) is 27.9 Å². The summed E-state index contributed by atoms with van der Waals surface area (Å²) in [4.78, 5) is 35.5. The molecule has 1 aliphatic rings. The van der Waals surface area contributed by atoms with Crippen molar-refractivity contribution in [2.75, 3.05) is 18.8 Å². The van der Waals surface area contributed by atoms with Gasteiger partial charge in [-0.3, -0.25) is 9.59 Å². The number of benzene rings is 2. The molecule has 0 spiro atoms. The number of likely N-dealkylation sites (tertiary alicyclic amines) is 1. The molecule has 9 nitrogen and oxygen atoms in total. The van der Waals surface area contributed by atoms with E-state index in [1.165, 1.54) is 32.3 Å². The van der Waals surface area contributed by atoms with Crippen molar-refractivity contribution in [1.82, 2.24) is 24.6 Å². The van der Waals surface area contributed by atoms with Crippen molar-refractivity contribution in [2.24, 2.45) is 0 Å². The number of aromatic nitrogens is 4. The highest BCUT2D eigenvalue weighted by Gasteiger charge is 2.33. The summed E-state index contributed by atoms with van der Waals surface area (Å²) in [6.45, 7) is 5.54. The summed E-state index contributed by atoms with van der Waals surface area (Å²) >= 11 is 0. The Morgan fingerprint density at radius 2 is 1.86 bits per heavy atom. The van der Waals surface area contributed by atoms with E-state index in [4.69, 9.17) is 10.8 Å². The highest BCUT2D eigenvalue weighted by atomic mass is 19.4. The van der Waals surface area contributed by atoms with Crippen LogP contribution >= 0.6 is 0 Å². The van der Waals surface area contributed by atoms with Crippen LogP contribution in [-0.4, -0.2) is 60.6 Å². The van der Waals surface area contributed by atoms with Gasteiger partial charge in [0.2, 0.25) is 0 Å². The first-order valence-corrected chi connectivity index (χ1v) is 14.1. The molecule has 0 aliphatic carbocycles. The Labute approximate surface area is 251 Å². The number of ketones is 1. The molecular formula is C32H31F3N6O3. The molecule has 5 rings (SSSR count). The van der Waals surface area contributed by atoms with Crippen LogP contribution in [0.4, 0.5) is 19.0 Å². The number of hydrogen-bond donors (Lipinski definition) is 2. The summed E-state index contributed by atoms with van der Waals surface area (Å²) in [5.74, 6) is 5.58. The second-order valence-corrected chi connectivity index (χ2v) is 11.0. The van der Waals surface area contributed by atoms with Crippen molar-refractivity contribution in [3.8, 4) is 11.8 Å². The summed E-state index contributed by atoms with van der Waals surface area (Å²) in [5, 5.41) is 15.0. The Balaban J connectivity index is 1.44. The van der Waals surface area contributed by atoms with Crippen LogP contribution in [0.25, 0.3) is 11.0 Å². The van der Waals surface area contributed by atoms with Gasteiger partial charge in [-0.25, -0.2) is 14.6 Å². The first-order valence-electron chi connectivity index (χ1n) is 14.1. The van der Waals surface area contributed by atoms with Gasteiger partial charge in [-0.15, -0.1) is 0 Å². The molecule has 3 heterocycles. The zero-order valence-corrected chi connectivity index (χ0v) is 24.4. The molecule has 0 saturated carbocycles. The van der Waals surface area contributed by atoms with Crippen molar-refractivity contribution >= 4 is 28.5 Å². The van der Waals surface area contributed by atoms with Crippen LogP contribution in [0.2, 0.25) is 0 Å². The number of halogens is 3. The zero-order chi connectivity index (χ0) is 31.8. The molecule has 3 N–H and O–H groups in total. The number of hydrogen-bond acceptors (Lipinski definition) is 7. The first kappa shape index (κ1) is 30.7. The number of fused-ring (bicyclic) bond motifs is 1. The monoisotopic (exact) mass is 604 g/mol. The van der Waals surface area contributed by atoms with Crippen LogP contribution in [-0.2, 0) is 17.4 Å². The number of nitrogens with two attached hydrogens (primary N) is 1. The van der Waals surface area contributed by atoms with Crippen molar-refractivity contribution in [1.29, 1.82) is 0 Å². The summed E-state index contributed by atoms with van der Waals surface area (Å²) in [5.41, 5.74) is 8.29. The average molecular weight is 605 g/mol. The van der Waals surface area contributed by atoms with Crippen LogP contribution < -0.4 is 5.73 Å². The smallest absolute Gasteiger partial charge is 0.384 e. The lowest BCUT2D eigenvalue weighted by molar-refractivity contribution is -0.141. The van der Waals surface area contributed by atoms with Crippen LogP contribution in [0.1, 0.15) is 69.7 Å². The topological polar surface area (TPSA) is 127 Å². The van der Waals surface area contributed by atoms with Gasteiger partial charge in [0.15, 0.2) is 11.4 Å². The second-order valence-electron chi connectivity index (χ2n) is 11.0. The second kappa shape index (κ2) is 12.1. The van der Waals surface area contributed by atoms with E-state index >= 15 is 0 Å². The molecule has 2 aromatic carbocycles. The van der Waals surface area contributed by atoms with E-state index in [-0.39, 0.29) is 35.3 Å². The highest BCUT2D eigenvalue weighted by Crippen LogP contribution is 2.33. The standard InChI is InChI=1S/C32H31F3N6O3/c1-18-6-8-21(14-27(43)23-9-7-19(2)25(15-23)32(33,34)35)13-22(18)10-11-26-28-29(36)37-17-38-30(28)41(39-26)24-5-4-12-40(16-24)31(44)20(3)42/h6-9,13,15,17,20,24,42H,4-5,12,14,16H2,1-3H3,(H2,36,37,38)/t20-,24-/m1/s1. The molecule has 12 heteroatoms. The molecule has 44 heavy (non-hydrogen) atoms. The number of aliphatic hydroxyl groups is 1. The quantitative estimate of drug-likeness (QED) is 0.255. The fourth-order valence-corrected chi connectivity index (χ4v) is 5.38. The maximum atomic E-state index is 13.4. The van der Waals surface area contributed by atoms with Crippen molar-refractivity contribution < 1.29 is 27.9 Å². The van der Waals surface area contributed by atoms with E-state index in [2.05, 4.69) is 21.8 Å². The summed E-state index contributed by atoms with van der Waals surface area (Å²) < 4.78 is 41.8. The lowest BCUT2D eigenvalue weighted by Gasteiger charge is -2.33. The maximum absolute atomic E-state index is 13.4. The number of rotatable bonds is 5. The predicted molar refractivity (Wildman–Crippen MR) is 158 cm³/mol. The van der Waals surface area contributed by atoms with Crippen LogP contribution in [0.15, 0.2) is 42.7 Å². The molecule has 228 valence electrons. The molecule has 2 aromatic heterocycles. The third kappa shape index (κ3) is 6.28. The number of carbonyl (C=O) groups is 2. The molecule has 0 bridgehead atoms. The predicted octanol–water partition coefficient (Wildman–Crippen LogP) is 4.41. The van der Waals surface area contributed by atoms with Gasteiger partial charge < -0.3 is 15.7 Å². The number of anilines is 1. The lowest BCUT2D eigenvalue weighted by atomic mass is 9.96. The molecular weight excluding hydrogens is 573 g/mol. The number of aryl methyl sites for hydroxylation is 2. The minimum Gasteiger partial charge on any atom is -0.384 e. The Hall–Kier alpha value is -4.76. The number of Topliss-reactive ketones (excluding diaryl/α,β-unsaturated/α-hetero) is 1. The summed E-state index contributed by atoms with van der Waals surface area (Å²) in [6.07, 6.45) is -2.97. The largest absolute Gasteiger partial charge is 0.416 e. The van der Waals surface area contributed by atoms with Crippen molar-refractivity contribution in [3.63, 3.8) is 0 Å². The molecule has 0 radical (unpaired) electrons. The van der Waals surface area contributed by atoms with Crippen LogP contribution in [0.5, 0.6) is 0 Å². The van der Waals surface area contributed by atoms with Crippen molar-refractivity contribution in [2.45, 2.75) is 58.4 Å². The molecule has 2 atom stereocenters. The van der Waals surface area contributed by atoms with Gasteiger partial charge in [0.05, 0.1) is 17.0 Å². The maximum Gasteiger partial charge on any atom is 0.416 e. The number of piperidine rings is 1. The van der Waals surface area contributed by atoms with Gasteiger partial charge in [0.1, 0.15) is 23.9 Å². The fourth-order valence-electron chi connectivity index (χ4n) is 5.38. The first-order chi connectivity index (χ1) is 20.8. The van der Waals surface area contributed by atoms with Gasteiger partial charge >= 0.3 is 6.18 Å². The molecule has 1 aliphatic heterocycles. The average Bonchev–Trinajstić information content (AvgIpc) is 3.36. The number of amides is 1. The normalized spacial score (nSPS) is 16.0. The third-order valence-corrected chi connectivity index (χ3v) is 7.78. The lowest BCUT2D eigenvalue weighted by Crippen LogP contribution is -2.44. The third-order valence-electron chi connectivity index (χ3n) is 7.78. The molecule has 4 aromatic rings. The van der Waals surface area contributed by atoms with E-state index in [0.29, 0.717) is 40.9 Å². The van der Waals surface area contributed by atoms with Gasteiger partial charge in [-0.2, -0.15) is 18.3 Å². The highest BCUT2D eigenvalue weighted by molar-refractivity contribution is 5.98. The Morgan fingerprint density at radius 1 is 1.11 bits per heavy atom. The number of aliphatic hydroxyl groups excluding tert-OH is 1. The van der Waals surface area contributed by atoms with E-state index in [1.54, 1.807) is 27.8 Å². The fraction of sp³-hybridized carbons (Fsp3) is 0.344. The number of alkyl halides is 3. The number of nitrogens with zero attached hydrogens (tertiary/aromatic N) is 5. The van der Waals surface area contributed by atoms with E-state index in [0.717, 1.165) is 24.5 Å². The van der Waals surface area contributed by atoms with E-state index in [1.807, 2.05) is 6.92 Å². The molecule has 0 unspecified atom stereocenters. The molecule has 1 saturated heterocycles. The minimum absolute atomic E-state index is 0.0138. The molecule has 1 fully saturated rings. The van der Waals surface area contributed by atoms with Crippen LogP contribution in [0, 0.1) is 25.7 Å². The minimum atomic E-state index is -4.55. The van der Waals surface area contributed by atoms with Gasteiger partial charge in [-0.05, 0) is 68.4 Å². The summed E-state index contributed by atoms with van der Waals surface area (Å²) in [6, 6.07) is 8.67. The van der Waals surface area contributed by atoms with Crippen molar-refractivity contribution in [3.05, 3.63) is 81.8 Å². The Morgan fingerprint density at radius 3 is 2.59 bits per heavy atom.